The normalized spacial score (nSPS) is 20.2. The Morgan fingerprint density at radius 3 is 2.53 bits per heavy atom. The molecule has 0 amide bonds. The maximum absolute atomic E-state index is 12.0. The zero-order valence-electron chi connectivity index (χ0n) is 11.4. The fraction of sp³-hybridized carbons (Fsp3) is 0.923. The van der Waals surface area contributed by atoms with Gasteiger partial charge < -0.3 is 15.0 Å². The molecule has 0 bridgehead atoms. The third-order valence-corrected chi connectivity index (χ3v) is 3.42. The predicted octanol–water partition coefficient (Wildman–Crippen LogP) is 1.40. The number of likely N-dealkylation sites (tertiary alicyclic amines) is 1. The van der Waals surface area contributed by atoms with Gasteiger partial charge in [-0.1, -0.05) is 6.92 Å². The molecule has 0 aromatic heterocycles. The van der Waals surface area contributed by atoms with E-state index in [-0.39, 0.29) is 5.97 Å². The molecule has 1 saturated heterocycles. The molecule has 17 heavy (non-hydrogen) atoms. The lowest BCUT2D eigenvalue weighted by molar-refractivity contribution is -0.151. The number of carbonyl (C=O) groups excluding carboxylic acids is 1. The number of rotatable bonds is 7. The van der Waals surface area contributed by atoms with Crippen LogP contribution in [0.1, 0.15) is 40.0 Å². The van der Waals surface area contributed by atoms with Crippen LogP contribution in [0, 0.1) is 0 Å². The van der Waals surface area contributed by atoms with Crippen LogP contribution in [0.4, 0.5) is 0 Å². The zero-order chi connectivity index (χ0) is 12.7. The number of hydrogen-bond donors (Lipinski definition) is 1. The number of likely N-dealkylation sites (N-methyl/N-ethyl adjacent to an activating group) is 1. The molecule has 1 heterocycles. The van der Waals surface area contributed by atoms with E-state index in [0.717, 1.165) is 19.5 Å². The number of hydrogen-bond acceptors (Lipinski definition) is 4. The van der Waals surface area contributed by atoms with Crippen molar-refractivity contribution < 1.29 is 9.53 Å². The van der Waals surface area contributed by atoms with E-state index in [9.17, 15) is 4.79 Å². The van der Waals surface area contributed by atoms with Crippen molar-refractivity contribution in [3.63, 3.8) is 0 Å². The van der Waals surface area contributed by atoms with E-state index in [0.29, 0.717) is 6.61 Å². The summed E-state index contributed by atoms with van der Waals surface area (Å²) in [4.78, 5) is 14.4. The minimum atomic E-state index is -0.534. The van der Waals surface area contributed by atoms with Gasteiger partial charge in [0.25, 0.3) is 0 Å². The first kappa shape index (κ1) is 14.5. The SMILES string of the molecule is CCNC(C)(CCN1CCCC1)C(=O)OCC. The molecule has 4 heteroatoms. The summed E-state index contributed by atoms with van der Waals surface area (Å²) in [5, 5.41) is 3.27. The van der Waals surface area contributed by atoms with Crippen molar-refractivity contribution in [2.75, 3.05) is 32.8 Å². The summed E-state index contributed by atoms with van der Waals surface area (Å²) in [6.07, 6.45) is 3.40. The molecule has 1 N–H and O–H groups in total. The molecule has 100 valence electrons. The lowest BCUT2D eigenvalue weighted by Gasteiger charge is -2.30. The van der Waals surface area contributed by atoms with Crippen LogP contribution in [0.25, 0.3) is 0 Å². The van der Waals surface area contributed by atoms with Crippen LogP contribution >= 0.6 is 0 Å². The molecular formula is C13H26N2O2. The molecular weight excluding hydrogens is 216 g/mol. The Morgan fingerprint density at radius 1 is 1.35 bits per heavy atom. The van der Waals surface area contributed by atoms with Gasteiger partial charge in [0.05, 0.1) is 6.61 Å². The molecule has 1 rings (SSSR count). The van der Waals surface area contributed by atoms with Crippen molar-refractivity contribution in [3.8, 4) is 0 Å². The van der Waals surface area contributed by atoms with Gasteiger partial charge in [-0.25, -0.2) is 0 Å². The quantitative estimate of drug-likeness (QED) is 0.685. The molecule has 0 radical (unpaired) electrons. The van der Waals surface area contributed by atoms with Crippen LogP contribution in [-0.4, -0.2) is 49.2 Å². The van der Waals surface area contributed by atoms with Gasteiger partial charge in [0.15, 0.2) is 0 Å². The summed E-state index contributed by atoms with van der Waals surface area (Å²) >= 11 is 0. The topological polar surface area (TPSA) is 41.6 Å². The Bertz CT molecular complexity index is 240. The van der Waals surface area contributed by atoms with Crippen molar-refractivity contribution in [2.45, 2.75) is 45.6 Å². The summed E-state index contributed by atoms with van der Waals surface area (Å²) in [5.41, 5.74) is -0.534. The van der Waals surface area contributed by atoms with Crippen LogP contribution in [0.15, 0.2) is 0 Å². The molecule has 0 aromatic carbocycles. The summed E-state index contributed by atoms with van der Waals surface area (Å²) in [7, 11) is 0. The molecule has 0 aromatic rings. The van der Waals surface area contributed by atoms with Gasteiger partial charge in [0, 0.05) is 6.54 Å². The van der Waals surface area contributed by atoms with Gasteiger partial charge in [0.2, 0.25) is 0 Å². The van der Waals surface area contributed by atoms with Crippen molar-refractivity contribution >= 4 is 5.97 Å². The smallest absolute Gasteiger partial charge is 0.326 e. The van der Waals surface area contributed by atoms with Gasteiger partial charge in [-0.3, -0.25) is 4.79 Å². The van der Waals surface area contributed by atoms with E-state index in [1.807, 2.05) is 20.8 Å². The van der Waals surface area contributed by atoms with Gasteiger partial charge in [-0.05, 0) is 52.7 Å². The fourth-order valence-corrected chi connectivity index (χ4v) is 2.33. The number of nitrogens with one attached hydrogen (secondary N) is 1. The van der Waals surface area contributed by atoms with E-state index in [2.05, 4.69) is 10.2 Å². The van der Waals surface area contributed by atoms with Crippen LogP contribution in [0.5, 0.6) is 0 Å². The number of carbonyl (C=O) groups is 1. The second-order valence-electron chi connectivity index (χ2n) is 4.88. The van der Waals surface area contributed by atoms with Gasteiger partial charge >= 0.3 is 5.97 Å². The van der Waals surface area contributed by atoms with E-state index >= 15 is 0 Å². The van der Waals surface area contributed by atoms with Crippen LogP contribution in [0.2, 0.25) is 0 Å². The summed E-state index contributed by atoms with van der Waals surface area (Å²) in [6, 6.07) is 0. The first-order valence-electron chi connectivity index (χ1n) is 6.77. The minimum Gasteiger partial charge on any atom is -0.465 e. The molecule has 1 fully saturated rings. The molecule has 1 aliphatic heterocycles. The highest BCUT2D eigenvalue weighted by atomic mass is 16.5. The maximum Gasteiger partial charge on any atom is 0.326 e. The average Bonchev–Trinajstić information content (AvgIpc) is 2.80. The molecule has 1 aliphatic rings. The Labute approximate surface area is 105 Å². The average molecular weight is 242 g/mol. The Kier molecular flexibility index (Phi) is 5.92. The van der Waals surface area contributed by atoms with Crippen molar-refractivity contribution in [3.05, 3.63) is 0 Å². The first-order valence-corrected chi connectivity index (χ1v) is 6.77. The monoisotopic (exact) mass is 242 g/mol. The first-order chi connectivity index (χ1) is 8.12. The van der Waals surface area contributed by atoms with E-state index in [1.54, 1.807) is 0 Å². The summed E-state index contributed by atoms with van der Waals surface area (Å²) < 4.78 is 5.15. The lowest BCUT2D eigenvalue weighted by Crippen LogP contribution is -2.52. The highest BCUT2D eigenvalue weighted by Crippen LogP contribution is 2.16. The number of ether oxygens (including phenoxy) is 1. The lowest BCUT2D eigenvalue weighted by atomic mass is 9.97. The second-order valence-corrected chi connectivity index (χ2v) is 4.88. The highest BCUT2D eigenvalue weighted by molar-refractivity contribution is 5.80. The van der Waals surface area contributed by atoms with Gasteiger partial charge in [0.1, 0.15) is 5.54 Å². The minimum absolute atomic E-state index is 0.124. The highest BCUT2D eigenvalue weighted by Gasteiger charge is 2.34. The van der Waals surface area contributed by atoms with Crippen molar-refractivity contribution in [1.82, 2.24) is 10.2 Å². The van der Waals surface area contributed by atoms with Crippen molar-refractivity contribution in [1.29, 1.82) is 0 Å². The van der Waals surface area contributed by atoms with Gasteiger partial charge in [-0.2, -0.15) is 0 Å². The molecule has 1 atom stereocenters. The van der Waals surface area contributed by atoms with E-state index in [1.165, 1.54) is 25.9 Å². The standard InChI is InChI=1S/C13H26N2O2/c1-4-14-13(3,12(16)17-5-2)8-11-15-9-6-7-10-15/h14H,4-11H2,1-3H3. The maximum atomic E-state index is 12.0. The zero-order valence-corrected chi connectivity index (χ0v) is 11.4. The van der Waals surface area contributed by atoms with Crippen LogP contribution in [-0.2, 0) is 9.53 Å². The predicted molar refractivity (Wildman–Crippen MR) is 69.0 cm³/mol. The molecule has 0 spiro atoms. The Morgan fingerprint density at radius 2 is 2.00 bits per heavy atom. The third kappa shape index (κ3) is 4.28. The van der Waals surface area contributed by atoms with Gasteiger partial charge in [-0.15, -0.1) is 0 Å². The summed E-state index contributed by atoms with van der Waals surface area (Å²) in [6.45, 7) is 10.4. The Balaban J connectivity index is 2.47. The van der Waals surface area contributed by atoms with E-state index in [4.69, 9.17) is 4.74 Å². The molecule has 4 nitrogen and oxygen atoms in total. The molecule has 0 aliphatic carbocycles. The van der Waals surface area contributed by atoms with Crippen molar-refractivity contribution in [2.24, 2.45) is 0 Å². The third-order valence-electron chi connectivity index (χ3n) is 3.42. The second kappa shape index (κ2) is 6.97. The largest absolute Gasteiger partial charge is 0.465 e. The fourth-order valence-electron chi connectivity index (χ4n) is 2.33. The van der Waals surface area contributed by atoms with E-state index < -0.39 is 5.54 Å². The Hall–Kier alpha value is -0.610. The number of nitrogens with zero attached hydrogens (tertiary/aromatic N) is 1. The van der Waals surface area contributed by atoms with Crippen LogP contribution in [0.3, 0.4) is 0 Å². The molecule has 1 unspecified atom stereocenters. The number of esters is 1. The summed E-state index contributed by atoms with van der Waals surface area (Å²) in [5.74, 6) is -0.124. The van der Waals surface area contributed by atoms with Crippen LogP contribution < -0.4 is 5.32 Å². The molecule has 0 saturated carbocycles.